The SMILES string of the molecule is CCOc1cc(C2C3=C(CCCC3=O)NC3=C2C(=O)CCC3)cc(Cl)c1OCc1ccc(OCc2ccccc2)c(OC)c1. The monoisotopic (exact) mass is 613 g/mol. The second-order valence-electron chi connectivity index (χ2n) is 11.2. The van der Waals surface area contributed by atoms with Crippen molar-refractivity contribution in [3.8, 4) is 23.0 Å². The van der Waals surface area contributed by atoms with E-state index < -0.39 is 5.92 Å². The topological polar surface area (TPSA) is 83.1 Å². The van der Waals surface area contributed by atoms with Crippen molar-refractivity contribution >= 4 is 23.2 Å². The summed E-state index contributed by atoms with van der Waals surface area (Å²) in [4.78, 5) is 26.5. The summed E-state index contributed by atoms with van der Waals surface area (Å²) >= 11 is 6.89. The number of hydrogen-bond donors (Lipinski definition) is 1. The molecule has 0 fully saturated rings. The van der Waals surface area contributed by atoms with Crippen molar-refractivity contribution in [1.82, 2.24) is 5.32 Å². The highest BCUT2D eigenvalue weighted by atomic mass is 35.5. The first-order valence-corrected chi connectivity index (χ1v) is 15.6. The van der Waals surface area contributed by atoms with E-state index in [1.165, 1.54) is 0 Å². The first-order chi connectivity index (χ1) is 21.5. The average Bonchev–Trinajstić information content (AvgIpc) is 3.03. The molecular formula is C36H36ClNO6. The zero-order chi connectivity index (χ0) is 30.6. The third-order valence-corrected chi connectivity index (χ3v) is 8.59. The number of rotatable bonds is 10. The van der Waals surface area contributed by atoms with Gasteiger partial charge in [0.1, 0.15) is 13.2 Å². The predicted octanol–water partition coefficient (Wildman–Crippen LogP) is 7.61. The van der Waals surface area contributed by atoms with Crippen LogP contribution in [-0.2, 0) is 22.8 Å². The van der Waals surface area contributed by atoms with Crippen LogP contribution in [0.5, 0.6) is 23.0 Å². The van der Waals surface area contributed by atoms with Gasteiger partial charge < -0.3 is 24.3 Å². The fourth-order valence-electron chi connectivity index (χ4n) is 6.29. The van der Waals surface area contributed by atoms with Gasteiger partial charge in [-0.25, -0.2) is 0 Å². The molecule has 44 heavy (non-hydrogen) atoms. The molecule has 0 unspecified atom stereocenters. The highest BCUT2D eigenvalue weighted by Gasteiger charge is 2.40. The highest BCUT2D eigenvalue weighted by molar-refractivity contribution is 6.32. The number of allylic oxidation sites excluding steroid dienone is 4. The van der Waals surface area contributed by atoms with Crippen LogP contribution in [0.2, 0.25) is 5.02 Å². The predicted molar refractivity (Wildman–Crippen MR) is 168 cm³/mol. The number of nitrogens with one attached hydrogen (secondary N) is 1. The van der Waals surface area contributed by atoms with E-state index in [-0.39, 0.29) is 18.2 Å². The van der Waals surface area contributed by atoms with Crippen LogP contribution in [-0.4, -0.2) is 25.3 Å². The third kappa shape index (κ3) is 6.06. The second kappa shape index (κ2) is 13.2. The average molecular weight is 614 g/mol. The van der Waals surface area contributed by atoms with Gasteiger partial charge in [-0.3, -0.25) is 9.59 Å². The van der Waals surface area contributed by atoms with Gasteiger partial charge >= 0.3 is 0 Å². The molecule has 0 spiro atoms. The van der Waals surface area contributed by atoms with Crippen LogP contribution < -0.4 is 24.3 Å². The molecule has 0 atom stereocenters. The summed E-state index contributed by atoms with van der Waals surface area (Å²) in [5, 5.41) is 3.82. The van der Waals surface area contributed by atoms with Crippen LogP contribution in [0.4, 0.5) is 0 Å². The Bertz CT molecular complexity index is 1600. The zero-order valence-corrected chi connectivity index (χ0v) is 25.8. The van der Waals surface area contributed by atoms with E-state index in [4.69, 9.17) is 30.5 Å². The molecule has 7 nitrogen and oxygen atoms in total. The van der Waals surface area contributed by atoms with Crippen molar-refractivity contribution in [2.75, 3.05) is 13.7 Å². The van der Waals surface area contributed by atoms with Gasteiger partial charge in [-0.1, -0.05) is 48.0 Å². The zero-order valence-electron chi connectivity index (χ0n) is 25.0. The number of dihydropyridines is 1. The van der Waals surface area contributed by atoms with Crippen molar-refractivity contribution in [2.45, 2.75) is 64.6 Å². The van der Waals surface area contributed by atoms with Gasteiger partial charge in [0.25, 0.3) is 0 Å². The number of carbonyl (C=O) groups is 2. The lowest BCUT2D eigenvalue weighted by atomic mass is 9.71. The van der Waals surface area contributed by atoms with Gasteiger partial charge in [0.15, 0.2) is 34.6 Å². The molecule has 3 aromatic rings. The number of Topliss-reactive ketones (excluding diaryl/α,β-unsaturated/α-hetero) is 2. The van der Waals surface area contributed by atoms with Crippen molar-refractivity contribution in [2.24, 2.45) is 0 Å². The van der Waals surface area contributed by atoms with Crippen LogP contribution in [0.15, 0.2) is 83.2 Å². The van der Waals surface area contributed by atoms with Crippen LogP contribution in [0.25, 0.3) is 0 Å². The normalized spacial score (nSPS) is 16.7. The van der Waals surface area contributed by atoms with Crippen molar-refractivity contribution in [3.05, 3.63) is 105 Å². The number of halogens is 1. The minimum absolute atomic E-state index is 0.0771. The lowest BCUT2D eigenvalue weighted by Crippen LogP contribution is -2.36. The van der Waals surface area contributed by atoms with Crippen LogP contribution >= 0.6 is 11.6 Å². The smallest absolute Gasteiger partial charge is 0.180 e. The van der Waals surface area contributed by atoms with Gasteiger partial charge in [-0.05, 0) is 73.6 Å². The maximum absolute atomic E-state index is 13.3. The molecular weight excluding hydrogens is 578 g/mol. The van der Waals surface area contributed by atoms with E-state index >= 15 is 0 Å². The van der Waals surface area contributed by atoms with Crippen LogP contribution in [0, 0.1) is 0 Å². The Kier molecular flexibility index (Phi) is 8.94. The molecule has 6 rings (SSSR count). The number of benzene rings is 3. The summed E-state index contributed by atoms with van der Waals surface area (Å²) in [5.41, 5.74) is 5.91. The minimum Gasteiger partial charge on any atom is -0.493 e. The van der Waals surface area contributed by atoms with Crippen LogP contribution in [0.3, 0.4) is 0 Å². The summed E-state index contributed by atoms with van der Waals surface area (Å²) in [6, 6.07) is 19.3. The van der Waals surface area contributed by atoms with E-state index in [2.05, 4.69) is 5.32 Å². The molecule has 2 aliphatic carbocycles. The molecule has 0 saturated carbocycles. The van der Waals surface area contributed by atoms with Gasteiger partial charge in [0.2, 0.25) is 0 Å². The van der Waals surface area contributed by atoms with Gasteiger partial charge in [0, 0.05) is 41.3 Å². The molecule has 228 valence electrons. The highest BCUT2D eigenvalue weighted by Crippen LogP contribution is 2.48. The molecule has 0 bridgehead atoms. The Morgan fingerprint density at radius 1 is 0.750 bits per heavy atom. The van der Waals surface area contributed by atoms with E-state index in [9.17, 15) is 9.59 Å². The van der Waals surface area contributed by atoms with E-state index in [1.807, 2.05) is 67.6 Å². The summed E-state index contributed by atoms with van der Waals surface area (Å²) < 4.78 is 23.9. The van der Waals surface area contributed by atoms with Crippen molar-refractivity contribution in [3.63, 3.8) is 0 Å². The summed E-state index contributed by atoms with van der Waals surface area (Å²) in [5.74, 6) is 1.79. The minimum atomic E-state index is -0.472. The van der Waals surface area contributed by atoms with Crippen molar-refractivity contribution in [1.29, 1.82) is 0 Å². The maximum atomic E-state index is 13.3. The summed E-state index contributed by atoms with van der Waals surface area (Å²) in [7, 11) is 1.61. The molecule has 0 amide bonds. The van der Waals surface area contributed by atoms with Crippen LogP contribution in [0.1, 0.15) is 68.1 Å². The first-order valence-electron chi connectivity index (χ1n) is 15.2. The first kappa shape index (κ1) is 29.8. The lowest BCUT2D eigenvalue weighted by molar-refractivity contribution is -0.117. The number of methoxy groups -OCH3 is 1. The molecule has 0 radical (unpaired) electrons. The molecule has 1 aliphatic heterocycles. The van der Waals surface area contributed by atoms with Gasteiger partial charge in [-0.2, -0.15) is 0 Å². The Morgan fingerprint density at radius 3 is 2.09 bits per heavy atom. The fourth-order valence-corrected chi connectivity index (χ4v) is 6.56. The quantitative estimate of drug-likeness (QED) is 0.252. The lowest BCUT2D eigenvalue weighted by Gasteiger charge is -2.37. The second-order valence-corrected chi connectivity index (χ2v) is 11.6. The standard InChI is InChI=1S/C36H36ClNO6/c1-3-42-32-19-24(33-34-26(11-7-13-28(34)39)38-27-12-8-14-29(40)35(27)33)18-25(37)36(32)44-21-23-15-16-30(31(17-23)41-2)43-20-22-9-5-4-6-10-22/h4-6,9-10,15-19,33,38H,3,7-8,11-14,20-21H2,1-2H3. The molecule has 1 heterocycles. The van der Waals surface area contributed by atoms with E-state index in [1.54, 1.807) is 7.11 Å². The third-order valence-electron chi connectivity index (χ3n) is 8.30. The number of carbonyl (C=O) groups excluding carboxylic acids is 2. The largest absolute Gasteiger partial charge is 0.493 e. The van der Waals surface area contributed by atoms with Crippen molar-refractivity contribution < 1.29 is 28.5 Å². The van der Waals surface area contributed by atoms with Gasteiger partial charge in [0.05, 0.1) is 18.7 Å². The Balaban J connectivity index is 1.27. The Morgan fingerprint density at radius 2 is 1.43 bits per heavy atom. The number of ether oxygens (including phenoxy) is 4. The Labute approximate surface area is 262 Å². The summed E-state index contributed by atoms with van der Waals surface area (Å²) in [6.45, 7) is 2.93. The van der Waals surface area contributed by atoms with Gasteiger partial charge in [-0.15, -0.1) is 0 Å². The Hall–Kier alpha value is -4.23. The summed E-state index contributed by atoms with van der Waals surface area (Å²) in [6.07, 6.45) is 4.12. The van der Waals surface area contributed by atoms with E-state index in [0.29, 0.717) is 65.2 Å². The van der Waals surface area contributed by atoms with E-state index in [0.717, 1.165) is 53.8 Å². The maximum Gasteiger partial charge on any atom is 0.180 e. The number of ketones is 2. The molecule has 1 N–H and O–H groups in total. The molecule has 0 aromatic heterocycles. The fraction of sp³-hybridized carbons (Fsp3) is 0.333. The molecule has 8 heteroatoms. The molecule has 3 aliphatic rings. The molecule has 0 saturated heterocycles. The molecule has 3 aromatic carbocycles. The number of hydrogen-bond acceptors (Lipinski definition) is 7.